The van der Waals surface area contributed by atoms with Gasteiger partial charge in [0.1, 0.15) is 5.60 Å². The Balaban J connectivity index is 2.68. The van der Waals surface area contributed by atoms with E-state index in [9.17, 15) is 4.79 Å². The summed E-state index contributed by atoms with van der Waals surface area (Å²) in [6.45, 7) is 13.0. The molecule has 112 valence electrons. The minimum absolute atomic E-state index is 0.157. The Morgan fingerprint density at radius 1 is 1.32 bits per heavy atom. The summed E-state index contributed by atoms with van der Waals surface area (Å²) < 4.78 is 5.55. The van der Waals surface area contributed by atoms with Gasteiger partial charge in [-0.05, 0) is 59.7 Å². The lowest BCUT2D eigenvalue weighted by molar-refractivity contribution is 0.00632. The third kappa shape index (κ3) is 5.81. The normalized spacial score (nSPS) is 18.7. The van der Waals surface area contributed by atoms with Crippen molar-refractivity contribution in [1.29, 1.82) is 0 Å². The Morgan fingerprint density at radius 2 is 1.84 bits per heavy atom. The number of hydrogen-bond acceptors (Lipinski definition) is 3. The van der Waals surface area contributed by atoms with Crippen LogP contribution in [0.15, 0.2) is 0 Å². The standard InChI is InChI=1S/C15H30N2O2/c1-12(2)11-17(14(18)19-15(3,4)5)13-7-9-16(6)10-8-13/h12-13H,7-11H2,1-6H3. The number of carbonyl (C=O) groups is 1. The summed E-state index contributed by atoms with van der Waals surface area (Å²) >= 11 is 0. The smallest absolute Gasteiger partial charge is 0.410 e. The van der Waals surface area contributed by atoms with Crippen LogP contribution in [0.25, 0.3) is 0 Å². The summed E-state index contributed by atoms with van der Waals surface area (Å²) in [6, 6.07) is 0.327. The van der Waals surface area contributed by atoms with Crippen LogP contribution in [0.4, 0.5) is 4.79 Å². The highest BCUT2D eigenvalue weighted by atomic mass is 16.6. The predicted octanol–water partition coefficient (Wildman–Crippen LogP) is 2.97. The highest BCUT2D eigenvalue weighted by Gasteiger charge is 2.30. The fourth-order valence-corrected chi connectivity index (χ4v) is 2.39. The van der Waals surface area contributed by atoms with Gasteiger partial charge in [0.2, 0.25) is 0 Å². The zero-order chi connectivity index (χ0) is 14.6. The summed E-state index contributed by atoms with van der Waals surface area (Å²) in [5.41, 5.74) is -0.419. The Bertz CT molecular complexity index is 289. The Labute approximate surface area is 118 Å². The molecule has 0 unspecified atom stereocenters. The van der Waals surface area contributed by atoms with Crippen molar-refractivity contribution in [3.63, 3.8) is 0 Å². The molecule has 0 radical (unpaired) electrons. The van der Waals surface area contributed by atoms with Gasteiger partial charge in [-0.15, -0.1) is 0 Å². The van der Waals surface area contributed by atoms with Gasteiger partial charge in [-0.2, -0.15) is 0 Å². The Hall–Kier alpha value is -0.770. The van der Waals surface area contributed by atoms with Crippen molar-refractivity contribution in [3.05, 3.63) is 0 Å². The number of ether oxygens (including phenoxy) is 1. The number of amides is 1. The molecule has 4 heteroatoms. The Morgan fingerprint density at radius 3 is 2.26 bits per heavy atom. The molecule has 0 spiro atoms. The topological polar surface area (TPSA) is 32.8 Å². The first-order chi connectivity index (χ1) is 8.69. The number of rotatable bonds is 3. The van der Waals surface area contributed by atoms with E-state index >= 15 is 0 Å². The second kappa shape index (κ2) is 6.60. The van der Waals surface area contributed by atoms with E-state index in [0.717, 1.165) is 32.5 Å². The average Bonchev–Trinajstić information content (AvgIpc) is 2.24. The average molecular weight is 270 g/mol. The maximum atomic E-state index is 12.4. The van der Waals surface area contributed by atoms with Crippen LogP contribution in [0.1, 0.15) is 47.5 Å². The molecule has 0 atom stereocenters. The third-order valence-electron chi connectivity index (χ3n) is 3.32. The third-order valence-corrected chi connectivity index (χ3v) is 3.32. The van der Waals surface area contributed by atoms with Crippen LogP contribution in [0.3, 0.4) is 0 Å². The minimum atomic E-state index is -0.419. The lowest BCUT2D eigenvalue weighted by Gasteiger charge is -2.38. The first-order valence-corrected chi connectivity index (χ1v) is 7.37. The molecule has 0 aromatic heterocycles. The summed E-state index contributed by atoms with van der Waals surface area (Å²) in [5, 5.41) is 0. The molecule has 1 amide bonds. The minimum Gasteiger partial charge on any atom is -0.444 e. The number of carbonyl (C=O) groups excluding carboxylic acids is 1. The molecule has 1 heterocycles. The fraction of sp³-hybridized carbons (Fsp3) is 0.933. The molecule has 0 aromatic carbocycles. The molecule has 0 aromatic rings. The second-order valence-electron chi connectivity index (χ2n) is 7.06. The molecule has 0 aliphatic carbocycles. The van der Waals surface area contributed by atoms with Crippen molar-refractivity contribution >= 4 is 6.09 Å². The molecule has 1 aliphatic heterocycles. The molecular weight excluding hydrogens is 240 g/mol. The van der Waals surface area contributed by atoms with Crippen molar-refractivity contribution < 1.29 is 9.53 Å². The van der Waals surface area contributed by atoms with Gasteiger partial charge in [0, 0.05) is 12.6 Å². The van der Waals surface area contributed by atoms with E-state index in [4.69, 9.17) is 4.74 Å². The number of likely N-dealkylation sites (tertiary alicyclic amines) is 1. The second-order valence-corrected chi connectivity index (χ2v) is 7.06. The van der Waals surface area contributed by atoms with Crippen LogP contribution in [-0.4, -0.2) is 54.2 Å². The van der Waals surface area contributed by atoms with Crippen LogP contribution in [-0.2, 0) is 4.74 Å². The van der Waals surface area contributed by atoms with Crippen molar-refractivity contribution in [1.82, 2.24) is 9.80 Å². The van der Waals surface area contributed by atoms with Crippen LogP contribution in [0, 0.1) is 5.92 Å². The SMILES string of the molecule is CC(C)CN(C(=O)OC(C)(C)C)C1CCN(C)CC1. The molecule has 1 aliphatic rings. The van der Waals surface area contributed by atoms with Crippen molar-refractivity contribution in [2.45, 2.75) is 59.1 Å². The van der Waals surface area contributed by atoms with Crippen LogP contribution >= 0.6 is 0 Å². The first-order valence-electron chi connectivity index (χ1n) is 7.37. The van der Waals surface area contributed by atoms with Gasteiger partial charge in [-0.25, -0.2) is 4.79 Å². The molecule has 1 rings (SSSR count). The Kier molecular flexibility index (Phi) is 5.65. The van der Waals surface area contributed by atoms with Gasteiger partial charge < -0.3 is 14.5 Å². The van der Waals surface area contributed by atoms with E-state index < -0.39 is 5.60 Å². The zero-order valence-corrected chi connectivity index (χ0v) is 13.4. The molecule has 4 nitrogen and oxygen atoms in total. The monoisotopic (exact) mass is 270 g/mol. The first kappa shape index (κ1) is 16.3. The van der Waals surface area contributed by atoms with E-state index in [0.29, 0.717) is 12.0 Å². The maximum Gasteiger partial charge on any atom is 0.410 e. The fourth-order valence-electron chi connectivity index (χ4n) is 2.39. The van der Waals surface area contributed by atoms with Crippen LogP contribution in [0.2, 0.25) is 0 Å². The predicted molar refractivity (Wildman–Crippen MR) is 78.3 cm³/mol. The van der Waals surface area contributed by atoms with Crippen LogP contribution < -0.4 is 0 Å². The summed E-state index contributed by atoms with van der Waals surface area (Å²) in [5.74, 6) is 0.465. The van der Waals surface area contributed by atoms with E-state index in [2.05, 4.69) is 25.8 Å². The largest absolute Gasteiger partial charge is 0.444 e. The van der Waals surface area contributed by atoms with Gasteiger partial charge in [0.05, 0.1) is 0 Å². The summed E-state index contributed by atoms with van der Waals surface area (Å²) in [7, 11) is 2.14. The summed E-state index contributed by atoms with van der Waals surface area (Å²) in [6.07, 6.45) is 1.93. The quantitative estimate of drug-likeness (QED) is 0.790. The van der Waals surface area contributed by atoms with Crippen molar-refractivity contribution in [3.8, 4) is 0 Å². The van der Waals surface area contributed by atoms with Crippen molar-refractivity contribution in [2.75, 3.05) is 26.7 Å². The van der Waals surface area contributed by atoms with Gasteiger partial charge in [0.15, 0.2) is 0 Å². The zero-order valence-electron chi connectivity index (χ0n) is 13.4. The van der Waals surface area contributed by atoms with Gasteiger partial charge >= 0.3 is 6.09 Å². The molecule has 19 heavy (non-hydrogen) atoms. The van der Waals surface area contributed by atoms with Gasteiger partial charge in [-0.1, -0.05) is 13.8 Å². The van der Waals surface area contributed by atoms with Crippen LogP contribution in [0.5, 0.6) is 0 Å². The molecule has 0 bridgehead atoms. The van der Waals surface area contributed by atoms with E-state index in [1.807, 2.05) is 25.7 Å². The number of piperidine rings is 1. The summed E-state index contributed by atoms with van der Waals surface area (Å²) in [4.78, 5) is 16.6. The highest BCUT2D eigenvalue weighted by Crippen LogP contribution is 2.20. The maximum absolute atomic E-state index is 12.4. The molecule has 0 saturated carbocycles. The number of nitrogens with zero attached hydrogens (tertiary/aromatic N) is 2. The van der Waals surface area contributed by atoms with E-state index in [1.165, 1.54) is 0 Å². The lowest BCUT2D eigenvalue weighted by atomic mass is 10.0. The van der Waals surface area contributed by atoms with Crippen molar-refractivity contribution in [2.24, 2.45) is 5.92 Å². The van der Waals surface area contributed by atoms with Gasteiger partial charge in [-0.3, -0.25) is 0 Å². The number of hydrogen-bond donors (Lipinski definition) is 0. The lowest BCUT2D eigenvalue weighted by Crippen LogP contribution is -2.49. The van der Waals surface area contributed by atoms with E-state index in [1.54, 1.807) is 0 Å². The van der Waals surface area contributed by atoms with E-state index in [-0.39, 0.29) is 6.09 Å². The molecule has 1 fully saturated rings. The highest BCUT2D eigenvalue weighted by molar-refractivity contribution is 5.68. The molecular formula is C15H30N2O2. The molecule has 1 saturated heterocycles. The van der Waals surface area contributed by atoms with Gasteiger partial charge in [0.25, 0.3) is 0 Å². The molecule has 0 N–H and O–H groups in total.